The van der Waals surface area contributed by atoms with Crippen LogP contribution in [-0.2, 0) is 0 Å². The average Bonchev–Trinajstić information content (AvgIpc) is 2.39. The second kappa shape index (κ2) is 4.65. The summed E-state index contributed by atoms with van der Waals surface area (Å²) >= 11 is 0. The molecule has 0 saturated carbocycles. The highest BCUT2D eigenvalue weighted by molar-refractivity contribution is 6.11. The Morgan fingerprint density at radius 2 is 1.94 bits per heavy atom. The predicted molar refractivity (Wildman–Crippen MR) is 65.1 cm³/mol. The van der Waals surface area contributed by atoms with E-state index in [2.05, 4.69) is 4.98 Å². The van der Waals surface area contributed by atoms with Crippen molar-refractivity contribution in [2.75, 3.05) is 12.8 Å². The predicted octanol–water partition coefficient (Wildman–Crippen LogP) is 1.90. The molecular formula is C13H12N2O2. The fourth-order valence-electron chi connectivity index (χ4n) is 1.56. The first-order chi connectivity index (χ1) is 8.22. The summed E-state index contributed by atoms with van der Waals surface area (Å²) in [5, 5.41) is 0. The van der Waals surface area contributed by atoms with Crippen molar-refractivity contribution < 1.29 is 9.53 Å². The molecule has 0 aliphatic rings. The number of ether oxygens (including phenoxy) is 1. The van der Waals surface area contributed by atoms with E-state index in [0.717, 1.165) is 0 Å². The van der Waals surface area contributed by atoms with Crippen LogP contribution in [0.3, 0.4) is 0 Å². The van der Waals surface area contributed by atoms with Crippen LogP contribution in [0.25, 0.3) is 0 Å². The highest BCUT2D eigenvalue weighted by Crippen LogP contribution is 2.23. The molecule has 0 spiro atoms. The van der Waals surface area contributed by atoms with Gasteiger partial charge in [-0.15, -0.1) is 0 Å². The minimum Gasteiger partial charge on any atom is -0.496 e. The first-order valence-corrected chi connectivity index (χ1v) is 5.10. The number of nitrogens with zero attached hydrogens (tertiary/aromatic N) is 1. The molecule has 0 bridgehead atoms. The van der Waals surface area contributed by atoms with E-state index in [9.17, 15) is 4.79 Å². The van der Waals surface area contributed by atoms with E-state index in [1.165, 1.54) is 7.11 Å². The van der Waals surface area contributed by atoms with Gasteiger partial charge in [-0.1, -0.05) is 0 Å². The molecule has 4 nitrogen and oxygen atoms in total. The summed E-state index contributed by atoms with van der Waals surface area (Å²) in [6.07, 6.45) is 3.15. The molecule has 0 amide bonds. The number of nitrogens with two attached hydrogens (primary N) is 1. The van der Waals surface area contributed by atoms with Gasteiger partial charge in [0.1, 0.15) is 5.75 Å². The highest BCUT2D eigenvalue weighted by Gasteiger charge is 2.14. The molecule has 1 aromatic carbocycles. The number of rotatable bonds is 3. The third kappa shape index (κ3) is 2.25. The number of hydrogen-bond acceptors (Lipinski definition) is 4. The Hall–Kier alpha value is -2.36. The topological polar surface area (TPSA) is 65.2 Å². The molecule has 2 N–H and O–H groups in total. The normalized spacial score (nSPS) is 9.94. The van der Waals surface area contributed by atoms with E-state index >= 15 is 0 Å². The van der Waals surface area contributed by atoms with Gasteiger partial charge in [-0.2, -0.15) is 0 Å². The number of anilines is 1. The van der Waals surface area contributed by atoms with Gasteiger partial charge in [-0.25, -0.2) is 0 Å². The second-order valence-electron chi connectivity index (χ2n) is 3.52. The van der Waals surface area contributed by atoms with E-state index < -0.39 is 0 Å². The van der Waals surface area contributed by atoms with Crippen molar-refractivity contribution in [3.05, 3.63) is 53.9 Å². The molecule has 4 heteroatoms. The monoisotopic (exact) mass is 228 g/mol. The summed E-state index contributed by atoms with van der Waals surface area (Å²) in [4.78, 5) is 16.1. The zero-order valence-electron chi connectivity index (χ0n) is 9.38. The number of aromatic nitrogens is 1. The Morgan fingerprint density at radius 3 is 2.59 bits per heavy atom. The third-order valence-electron chi connectivity index (χ3n) is 2.41. The molecule has 0 unspecified atom stereocenters. The minimum atomic E-state index is -0.128. The standard InChI is InChI=1S/C13H12N2O2/c1-17-12-3-2-10(14)8-11(12)13(16)9-4-6-15-7-5-9/h2-8H,14H2,1H3. The number of nitrogen functional groups attached to an aromatic ring is 1. The van der Waals surface area contributed by atoms with Gasteiger partial charge in [0, 0.05) is 23.6 Å². The number of pyridine rings is 1. The summed E-state index contributed by atoms with van der Waals surface area (Å²) < 4.78 is 5.15. The fraction of sp³-hybridized carbons (Fsp3) is 0.0769. The Morgan fingerprint density at radius 1 is 1.24 bits per heavy atom. The largest absolute Gasteiger partial charge is 0.496 e. The third-order valence-corrected chi connectivity index (χ3v) is 2.41. The second-order valence-corrected chi connectivity index (χ2v) is 3.52. The van der Waals surface area contributed by atoms with Crippen LogP contribution < -0.4 is 10.5 Å². The van der Waals surface area contributed by atoms with Crippen LogP contribution in [0.2, 0.25) is 0 Å². The number of carbonyl (C=O) groups excluding carboxylic acids is 1. The van der Waals surface area contributed by atoms with Gasteiger partial charge in [0.15, 0.2) is 5.78 Å². The van der Waals surface area contributed by atoms with Gasteiger partial charge in [-0.3, -0.25) is 9.78 Å². The molecular weight excluding hydrogens is 216 g/mol. The van der Waals surface area contributed by atoms with Crippen molar-refractivity contribution in [3.8, 4) is 5.75 Å². The quantitative estimate of drug-likeness (QED) is 0.643. The summed E-state index contributed by atoms with van der Waals surface area (Å²) in [6.45, 7) is 0. The highest BCUT2D eigenvalue weighted by atomic mass is 16.5. The summed E-state index contributed by atoms with van der Waals surface area (Å²) in [6, 6.07) is 8.31. The van der Waals surface area contributed by atoms with Gasteiger partial charge >= 0.3 is 0 Å². The van der Waals surface area contributed by atoms with Crippen LogP contribution >= 0.6 is 0 Å². The number of methoxy groups -OCH3 is 1. The molecule has 0 aliphatic carbocycles. The Labute approximate surface area is 99.1 Å². The zero-order valence-corrected chi connectivity index (χ0v) is 9.38. The number of benzene rings is 1. The molecule has 0 aliphatic heterocycles. The van der Waals surface area contributed by atoms with E-state index in [-0.39, 0.29) is 5.78 Å². The first-order valence-electron chi connectivity index (χ1n) is 5.10. The van der Waals surface area contributed by atoms with Crippen molar-refractivity contribution >= 4 is 11.5 Å². The van der Waals surface area contributed by atoms with Gasteiger partial charge in [0.2, 0.25) is 0 Å². The lowest BCUT2D eigenvalue weighted by Crippen LogP contribution is -2.05. The number of carbonyl (C=O) groups is 1. The molecule has 1 aromatic heterocycles. The van der Waals surface area contributed by atoms with Crippen molar-refractivity contribution in [2.24, 2.45) is 0 Å². The summed E-state index contributed by atoms with van der Waals surface area (Å²) in [5.74, 6) is 0.387. The zero-order chi connectivity index (χ0) is 12.3. The van der Waals surface area contributed by atoms with Crippen LogP contribution in [-0.4, -0.2) is 17.9 Å². The number of hydrogen-bond donors (Lipinski definition) is 1. The molecule has 0 fully saturated rings. The van der Waals surface area contributed by atoms with Gasteiger partial charge < -0.3 is 10.5 Å². The van der Waals surface area contributed by atoms with Crippen molar-refractivity contribution in [1.29, 1.82) is 0 Å². The molecule has 86 valence electrons. The lowest BCUT2D eigenvalue weighted by Gasteiger charge is -2.08. The van der Waals surface area contributed by atoms with E-state index in [1.807, 2.05) is 0 Å². The minimum absolute atomic E-state index is 0.128. The van der Waals surface area contributed by atoms with Crippen LogP contribution in [0.4, 0.5) is 5.69 Å². The van der Waals surface area contributed by atoms with Crippen LogP contribution in [0.15, 0.2) is 42.7 Å². The van der Waals surface area contributed by atoms with Gasteiger partial charge in [0.25, 0.3) is 0 Å². The lowest BCUT2D eigenvalue weighted by molar-refractivity contribution is 0.103. The lowest BCUT2D eigenvalue weighted by atomic mass is 10.0. The smallest absolute Gasteiger partial charge is 0.196 e. The maximum Gasteiger partial charge on any atom is 0.196 e. The van der Waals surface area contributed by atoms with Crippen LogP contribution in [0.5, 0.6) is 5.75 Å². The molecule has 17 heavy (non-hydrogen) atoms. The van der Waals surface area contributed by atoms with E-state index in [4.69, 9.17) is 10.5 Å². The molecule has 1 heterocycles. The molecule has 0 saturated heterocycles. The fourth-order valence-corrected chi connectivity index (χ4v) is 1.56. The van der Waals surface area contributed by atoms with Crippen molar-refractivity contribution in [1.82, 2.24) is 4.98 Å². The molecule has 2 aromatic rings. The molecule has 0 atom stereocenters. The SMILES string of the molecule is COc1ccc(N)cc1C(=O)c1ccncc1. The maximum atomic E-state index is 12.2. The average molecular weight is 228 g/mol. The summed E-state index contributed by atoms with van der Waals surface area (Å²) in [7, 11) is 1.52. The molecule has 2 rings (SSSR count). The Bertz CT molecular complexity index is 538. The van der Waals surface area contributed by atoms with Crippen LogP contribution in [0.1, 0.15) is 15.9 Å². The van der Waals surface area contributed by atoms with Gasteiger partial charge in [-0.05, 0) is 30.3 Å². The Kier molecular flexibility index (Phi) is 3.05. The maximum absolute atomic E-state index is 12.2. The first kappa shape index (κ1) is 11.1. The van der Waals surface area contributed by atoms with Crippen molar-refractivity contribution in [2.45, 2.75) is 0 Å². The van der Waals surface area contributed by atoms with E-state index in [1.54, 1.807) is 42.7 Å². The van der Waals surface area contributed by atoms with Crippen molar-refractivity contribution in [3.63, 3.8) is 0 Å². The van der Waals surface area contributed by atoms with Gasteiger partial charge in [0.05, 0.1) is 12.7 Å². The Balaban J connectivity index is 2.47. The van der Waals surface area contributed by atoms with E-state index in [0.29, 0.717) is 22.6 Å². The summed E-state index contributed by atoms with van der Waals surface area (Å²) in [5.41, 5.74) is 7.22. The molecule has 0 radical (unpaired) electrons. The number of ketones is 1. The van der Waals surface area contributed by atoms with Crippen LogP contribution in [0, 0.1) is 0 Å².